The number of ether oxygens (including phenoxy) is 1. The summed E-state index contributed by atoms with van der Waals surface area (Å²) in [7, 11) is 0. The molecule has 0 saturated carbocycles. The van der Waals surface area contributed by atoms with E-state index in [2.05, 4.69) is 4.90 Å². The number of nitrogens with two attached hydrogens (primary N) is 1. The molecule has 228 valence electrons. The van der Waals surface area contributed by atoms with Crippen molar-refractivity contribution in [2.24, 2.45) is 5.73 Å². The van der Waals surface area contributed by atoms with E-state index >= 15 is 0 Å². The summed E-state index contributed by atoms with van der Waals surface area (Å²) in [6.07, 6.45) is -1.26. The van der Waals surface area contributed by atoms with Crippen LogP contribution in [0, 0.1) is 6.92 Å². The smallest absolute Gasteiger partial charge is 0.416 e. The van der Waals surface area contributed by atoms with Crippen molar-refractivity contribution in [3.63, 3.8) is 0 Å². The van der Waals surface area contributed by atoms with E-state index in [1.807, 2.05) is 34.7 Å². The van der Waals surface area contributed by atoms with Crippen LogP contribution in [0.3, 0.4) is 0 Å². The molecule has 1 fully saturated rings. The van der Waals surface area contributed by atoms with Gasteiger partial charge in [-0.25, -0.2) is 4.79 Å². The number of hydrogen-bond donors (Lipinski definition) is 1. The number of amides is 3. The third-order valence-corrected chi connectivity index (χ3v) is 8.76. The number of anilines is 1. The molecular weight excluding hydrogens is 561 g/mol. The van der Waals surface area contributed by atoms with Gasteiger partial charge in [0.05, 0.1) is 23.5 Å². The predicted molar refractivity (Wildman–Crippen MR) is 155 cm³/mol. The highest BCUT2D eigenvalue weighted by Crippen LogP contribution is 2.38. The Balaban J connectivity index is 1.11. The molecule has 3 amide bonds. The van der Waals surface area contributed by atoms with Gasteiger partial charge in [0.25, 0.3) is 5.91 Å². The second kappa shape index (κ2) is 11.6. The molecule has 0 aliphatic carbocycles. The molecule has 2 N–H and O–H groups in total. The lowest BCUT2D eigenvalue weighted by atomic mass is 9.99. The Morgan fingerprint density at radius 2 is 1.81 bits per heavy atom. The molecule has 0 bridgehead atoms. The third-order valence-electron chi connectivity index (χ3n) is 8.76. The number of benzene rings is 2. The molecule has 3 aromatic rings. The lowest BCUT2D eigenvalue weighted by Gasteiger charge is -2.41. The average molecular weight is 597 g/mol. The summed E-state index contributed by atoms with van der Waals surface area (Å²) >= 11 is 0. The minimum Gasteiger partial charge on any atom is -0.482 e. The lowest BCUT2D eigenvalue weighted by Crippen LogP contribution is -2.51. The van der Waals surface area contributed by atoms with Gasteiger partial charge in [0.15, 0.2) is 6.61 Å². The third kappa shape index (κ3) is 5.80. The van der Waals surface area contributed by atoms with Gasteiger partial charge >= 0.3 is 12.2 Å². The zero-order valence-corrected chi connectivity index (χ0v) is 24.1. The number of nitrogens with zero attached hydrogens (tertiary/aromatic N) is 5. The summed E-state index contributed by atoms with van der Waals surface area (Å²) in [5, 5.41) is 4.82. The molecular formula is C31H35F3N6O3. The van der Waals surface area contributed by atoms with Gasteiger partial charge in [0, 0.05) is 55.5 Å². The molecule has 9 nitrogen and oxygen atoms in total. The van der Waals surface area contributed by atoms with E-state index < -0.39 is 17.8 Å². The number of carbonyl (C=O) groups excluding carboxylic acids is 2. The number of alkyl halides is 3. The zero-order valence-electron chi connectivity index (χ0n) is 24.1. The summed E-state index contributed by atoms with van der Waals surface area (Å²) in [6, 6.07) is 10.5. The first kappa shape index (κ1) is 29.0. The highest BCUT2D eigenvalue weighted by Gasteiger charge is 2.35. The van der Waals surface area contributed by atoms with E-state index in [0.717, 1.165) is 79.3 Å². The highest BCUT2D eigenvalue weighted by molar-refractivity contribution is 5.99. The second-order valence-corrected chi connectivity index (χ2v) is 11.5. The van der Waals surface area contributed by atoms with Crippen LogP contribution in [0.2, 0.25) is 0 Å². The fourth-order valence-corrected chi connectivity index (χ4v) is 6.54. The van der Waals surface area contributed by atoms with Crippen molar-refractivity contribution >= 4 is 17.6 Å². The zero-order chi connectivity index (χ0) is 30.3. The maximum absolute atomic E-state index is 13.1. The van der Waals surface area contributed by atoms with E-state index in [1.165, 1.54) is 17.0 Å². The Labute approximate surface area is 248 Å². The number of piperidine rings is 1. The maximum Gasteiger partial charge on any atom is 0.416 e. The number of hydrogen-bond acceptors (Lipinski definition) is 5. The van der Waals surface area contributed by atoms with Gasteiger partial charge in [-0.1, -0.05) is 24.3 Å². The van der Waals surface area contributed by atoms with Crippen LogP contribution in [0.4, 0.5) is 23.7 Å². The molecule has 3 aliphatic heterocycles. The molecule has 4 heterocycles. The predicted octanol–water partition coefficient (Wildman–Crippen LogP) is 4.59. The average Bonchev–Trinajstić information content (AvgIpc) is 3.35. The normalized spacial score (nSPS) is 17.9. The minimum absolute atomic E-state index is 0.00228. The topological polar surface area (TPSA) is 96.9 Å². The van der Waals surface area contributed by atoms with Crippen molar-refractivity contribution in [1.29, 1.82) is 0 Å². The number of halogens is 3. The molecule has 43 heavy (non-hydrogen) atoms. The number of urea groups is 1. The van der Waals surface area contributed by atoms with Crippen molar-refractivity contribution in [3.05, 3.63) is 64.8 Å². The molecule has 1 aromatic heterocycles. The Bertz CT molecular complexity index is 1510. The Hall–Kier alpha value is -4.06. The summed E-state index contributed by atoms with van der Waals surface area (Å²) in [5.74, 6) is 0.765. The van der Waals surface area contributed by atoms with E-state index in [0.29, 0.717) is 30.8 Å². The fourth-order valence-electron chi connectivity index (χ4n) is 6.54. The second-order valence-electron chi connectivity index (χ2n) is 11.5. The Morgan fingerprint density at radius 1 is 1.07 bits per heavy atom. The molecule has 0 atom stereocenters. The van der Waals surface area contributed by atoms with E-state index in [-0.39, 0.29) is 25.1 Å². The monoisotopic (exact) mass is 596 g/mol. The number of rotatable bonds is 6. The number of fused-ring (bicyclic) bond motifs is 2. The van der Waals surface area contributed by atoms with Crippen LogP contribution < -0.4 is 15.4 Å². The molecule has 2 aromatic carbocycles. The minimum atomic E-state index is -4.42. The number of aromatic nitrogens is 2. The van der Waals surface area contributed by atoms with Gasteiger partial charge in [-0.05, 0) is 56.5 Å². The maximum atomic E-state index is 13.1. The van der Waals surface area contributed by atoms with Crippen molar-refractivity contribution in [3.8, 4) is 17.0 Å². The quantitative estimate of drug-likeness (QED) is 0.449. The molecule has 6 rings (SSSR count). The van der Waals surface area contributed by atoms with Crippen LogP contribution in [0.15, 0.2) is 42.5 Å². The van der Waals surface area contributed by atoms with Crippen LogP contribution in [0.25, 0.3) is 11.3 Å². The fraction of sp³-hybridized carbons (Fsp3) is 0.452. The summed E-state index contributed by atoms with van der Waals surface area (Å²) < 4.78 is 47.0. The van der Waals surface area contributed by atoms with Crippen LogP contribution in [-0.2, 0) is 30.5 Å². The first-order valence-electron chi connectivity index (χ1n) is 14.7. The molecule has 1 saturated heterocycles. The standard InChI is InChI=1S/C31H35F3N6O3/c1-20-4-2-5-26-29(20)40(27(41)19-43-26)23-10-15-37(16-11-23)13-3-14-39-25-12-17-38(30(35)42)18-24(25)28(36-39)21-6-8-22(9-7-21)31(32,33)34/h2,4-9,23H,3,10-19H2,1H3,(H2,35,42). The molecule has 12 heteroatoms. The molecule has 0 spiro atoms. The van der Waals surface area contributed by atoms with Gasteiger partial charge in [-0.3, -0.25) is 9.48 Å². The van der Waals surface area contributed by atoms with E-state index in [1.54, 1.807) is 0 Å². The highest BCUT2D eigenvalue weighted by atomic mass is 19.4. The number of aryl methyl sites for hydroxylation is 2. The van der Waals surface area contributed by atoms with Crippen LogP contribution in [0.5, 0.6) is 5.75 Å². The largest absolute Gasteiger partial charge is 0.482 e. The first-order valence-corrected chi connectivity index (χ1v) is 14.7. The molecule has 0 radical (unpaired) electrons. The lowest BCUT2D eigenvalue weighted by molar-refractivity contribution is -0.137. The Kier molecular flexibility index (Phi) is 7.80. The van der Waals surface area contributed by atoms with Crippen LogP contribution in [0.1, 0.15) is 41.6 Å². The van der Waals surface area contributed by atoms with Crippen LogP contribution in [-0.4, -0.2) is 70.3 Å². The van der Waals surface area contributed by atoms with Gasteiger partial charge < -0.3 is 25.2 Å². The number of likely N-dealkylation sites (tertiary alicyclic amines) is 1. The summed E-state index contributed by atoms with van der Waals surface area (Å²) in [4.78, 5) is 30.6. The van der Waals surface area contributed by atoms with Crippen molar-refractivity contribution in [2.45, 2.75) is 57.9 Å². The van der Waals surface area contributed by atoms with Crippen molar-refractivity contribution in [2.75, 3.05) is 37.7 Å². The number of para-hydroxylation sites is 1. The summed E-state index contributed by atoms with van der Waals surface area (Å²) in [5.41, 5.74) is 9.73. The van der Waals surface area contributed by atoms with Gasteiger partial charge in [0.1, 0.15) is 5.75 Å². The summed E-state index contributed by atoms with van der Waals surface area (Å²) in [6.45, 7) is 6.07. The number of carbonyl (C=O) groups is 2. The van der Waals surface area contributed by atoms with Crippen molar-refractivity contribution < 1.29 is 27.5 Å². The van der Waals surface area contributed by atoms with Crippen molar-refractivity contribution in [1.82, 2.24) is 19.6 Å². The Morgan fingerprint density at radius 3 is 2.51 bits per heavy atom. The van der Waals surface area contributed by atoms with Gasteiger partial charge in [0.2, 0.25) is 0 Å². The SMILES string of the molecule is Cc1cccc2c1N(C1CCN(CCCn3nc(-c4ccc(C(F)(F)F)cc4)c4c3CCN(C(N)=O)C4)CC1)C(=O)CO2. The van der Waals surface area contributed by atoms with E-state index in [9.17, 15) is 22.8 Å². The van der Waals surface area contributed by atoms with E-state index in [4.69, 9.17) is 15.6 Å². The van der Waals surface area contributed by atoms with Gasteiger partial charge in [-0.15, -0.1) is 0 Å². The molecule has 0 unspecified atom stereocenters. The molecule has 3 aliphatic rings. The van der Waals surface area contributed by atoms with Gasteiger partial charge in [-0.2, -0.15) is 18.3 Å². The number of primary amides is 1. The first-order chi connectivity index (χ1) is 20.6. The van der Waals surface area contributed by atoms with Crippen LogP contribution >= 0.6 is 0 Å².